The van der Waals surface area contributed by atoms with E-state index in [9.17, 15) is 4.79 Å². The molecule has 4 nitrogen and oxygen atoms in total. The smallest absolute Gasteiger partial charge is 0.310 e. The molecule has 0 aliphatic carbocycles. The summed E-state index contributed by atoms with van der Waals surface area (Å²) in [7, 11) is 0. The summed E-state index contributed by atoms with van der Waals surface area (Å²) in [5.41, 5.74) is 1.11. The van der Waals surface area contributed by atoms with E-state index in [1.54, 1.807) is 0 Å². The first-order valence-corrected chi connectivity index (χ1v) is 7.08. The van der Waals surface area contributed by atoms with Crippen LogP contribution in [0.25, 0.3) is 0 Å². The van der Waals surface area contributed by atoms with Crippen molar-refractivity contribution in [1.29, 1.82) is 0 Å². The quantitative estimate of drug-likeness (QED) is 0.760. The fraction of sp³-hybridized carbons (Fsp3) is 0.600. The monoisotopic (exact) mass is 262 g/mol. The van der Waals surface area contributed by atoms with E-state index in [2.05, 4.69) is 9.88 Å². The number of piperidine rings is 1. The minimum Gasteiger partial charge on any atom is -0.466 e. The zero-order chi connectivity index (χ0) is 13.5. The predicted octanol–water partition coefficient (Wildman–Crippen LogP) is 1.90. The number of esters is 1. The van der Waals surface area contributed by atoms with Gasteiger partial charge in [-0.05, 0) is 38.4 Å². The van der Waals surface area contributed by atoms with Gasteiger partial charge in [0, 0.05) is 31.4 Å². The van der Waals surface area contributed by atoms with Gasteiger partial charge in [-0.2, -0.15) is 0 Å². The van der Waals surface area contributed by atoms with Gasteiger partial charge in [-0.3, -0.25) is 9.78 Å². The Morgan fingerprint density at radius 3 is 3.16 bits per heavy atom. The van der Waals surface area contributed by atoms with Gasteiger partial charge in [0.2, 0.25) is 0 Å². The van der Waals surface area contributed by atoms with Gasteiger partial charge in [0.05, 0.1) is 12.5 Å². The Hall–Kier alpha value is -1.42. The topological polar surface area (TPSA) is 42.4 Å². The highest BCUT2D eigenvalue weighted by atomic mass is 16.5. The second-order valence-corrected chi connectivity index (χ2v) is 4.96. The number of pyridine rings is 1. The molecule has 0 spiro atoms. The maximum atomic E-state index is 11.8. The third kappa shape index (κ3) is 4.31. The minimum atomic E-state index is -0.0370. The van der Waals surface area contributed by atoms with Crippen LogP contribution in [-0.4, -0.2) is 42.1 Å². The van der Waals surface area contributed by atoms with E-state index in [4.69, 9.17) is 4.74 Å². The van der Waals surface area contributed by atoms with Crippen LogP contribution < -0.4 is 0 Å². The molecule has 0 radical (unpaired) electrons. The highest BCUT2D eigenvalue weighted by Gasteiger charge is 2.26. The zero-order valence-corrected chi connectivity index (χ0v) is 11.5. The van der Waals surface area contributed by atoms with Gasteiger partial charge in [0.15, 0.2) is 0 Å². The number of likely N-dealkylation sites (tertiary alicyclic amines) is 1. The van der Waals surface area contributed by atoms with Crippen LogP contribution in [0.15, 0.2) is 24.4 Å². The summed E-state index contributed by atoms with van der Waals surface area (Å²) < 4.78 is 5.11. The molecule has 2 rings (SSSR count). The van der Waals surface area contributed by atoms with Crippen LogP contribution in [0.4, 0.5) is 0 Å². The van der Waals surface area contributed by atoms with Gasteiger partial charge in [-0.15, -0.1) is 0 Å². The summed E-state index contributed by atoms with van der Waals surface area (Å²) in [6.07, 6.45) is 4.80. The lowest BCUT2D eigenvalue weighted by atomic mass is 9.98. The fourth-order valence-corrected chi connectivity index (χ4v) is 2.53. The SMILES string of the molecule is CCOC(=O)[C@@H]1CCCN(CCc2ccccn2)C1. The van der Waals surface area contributed by atoms with Gasteiger partial charge in [-0.25, -0.2) is 0 Å². The van der Waals surface area contributed by atoms with Crippen molar-refractivity contribution in [2.24, 2.45) is 5.92 Å². The van der Waals surface area contributed by atoms with Gasteiger partial charge in [0.1, 0.15) is 0 Å². The van der Waals surface area contributed by atoms with Gasteiger partial charge < -0.3 is 9.64 Å². The zero-order valence-electron chi connectivity index (χ0n) is 11.5. The molecule has 1 aromatic heterocycles. The molecule has 4 heteroatoms. The first-order valence-electron chi connectivity index (χ1n) is 7.08. The van der Waals surface area contributed by atoms with Gasteiger partial charge in [0.25, 0.3) is 0 Å². The van der Waals surface area contributed by atoms with Crippen molar-refractivity contribution < 1.29 is 9.53 Å². The Morgan fingerprint density at radius 2 is 2.42 bits per heavy atom. The lowest BCUT2D eigenvalue weighted by molar-refractivity contribution is -0.149. The summed E-state index contributed by atoms with van der Waals surface area (Å²) in [6.45, 7) is 5.20. The number of nitrogens with zero attached hydrogens (tertiary/aromatic N) is 2. The van der Waals surface area contributed by atoms with Crippen molar-refractivity contribution in [3.8, 4) is 0 Å². The van der Waals surface area contributed by atoms with Crippen molar-refractivity contribution in [1.82, 2.24) is 9.88 Å². The molecule has 19 heavy (non-hydrogen) atoms. The molecule has 1 aliphatic rings. The van der Waals surface area contributed by atoms with Crippen molar-refractivity contribution in [3.63, 3.8) is 0 Å². The van der Waals surface area contributed by atoms with E-state index in [-0.39, 0.29) is 11.9 Å². The Morgan fingerprint density at radius 1 is 1.53 bits per heavy atom. The summed E-state index contributed by atoms with van der Waals surface area (Å²) in [5.74, 6) is 0.0162. The lowest BCUT2D eigenvalue weighted by Crippen LogP contribution is -2.40. The summed E-state index contributed by atoms with van der Waals surface area (Å²) >= 11 is 0. The van der Waals surface area contributed by atoms with E-state index in [1.165, 1.54) is 0 Å². The summed E-state index contributed by atoms with van der Waals surface area (Å²) in [5, 5.41) is 0. The molecular weight excluding hydrogens is 240 g/mol. The molecule has 1 aromatic rings. The van der Waals surface area contributed by atoms with Crippen molar-refractivity contribution in [3.05, 3.63) is 30.1 Å². The highest BCUT2D eigenvalue weighted by Crippen LogP contribution is 2.18. The van der Waals surface area contributed by atoms with Crippen LogP contribution in [-0.2, 0) is 16.0 Å². The molecule has 0 aromatic carbocycles. The van der Waals surface area contributed by atoms with Crippen LogP contribution in [0.5, 0.6) is 0 Å². The number of rotatable bonds is 5. The lowest BCUT2D eigenvalue weighted by Gasteiger charge is -2.31. The maximum absolute atomic E-state index is 11.8. The second kappa shape index (κ2) is 7.24. The number of carbonyl (C=O) groups is 1. The normalized spacial score (nSPS) is 20.2. The van der Waals surface area contributed by atoms with E-state index >= 15 is 0 Å². The molecule has 1 aliphatic heterocycles. The second-order valence-electron chi connectivity index (χ2n) is 4.96. The molecule has 104 valence electrons. The minimum absolute atomic E-state index is 0.0370. The first kappa shape index (κ1) is 14.0. The third-order valence-corrected chi connectivity index (χ3v) is 3.54. The van der Waals surface area contributed by atoms with E-state index < -0.39 is 0 Å². The molecule has 1 saturated heterocycles. The molecule has 0 saturated carbocycles. The van der Waals surface area contributed by atoms with Gasteiger partial charge in [-0.1, -0.05) is 6.07 Å². The predicted molar refractivity (Wildman–Crippen MR) is 73.7 cm³/mol. The largest absolute Gasteiger partial charge is 0.466 e. The van der Waals surface area contributed by atoms with Gasteiger partial charge >= 0.3 is 5.97 Å². The molecular formula is C15H22N2O2. The average molecular weight is 262 g/mol. The number of hydrogen-bond donors (Lipinski definition) is 0. The van der Waals surface area contributed by atoms with Crippen LogP contribution in [0.2, 0.25) is 0 Å². The summed E-state index contributed by atoms with van der Waals surface area (Å²) in [4.78, 5) is 18.4. The number of carbonyl (C=O) groups excluding carboxylic acids is 1. The van der Waals surface area contributed by atoms with E-state index in [0.717, 1.165) is 44.6 Å². The molecule has 0 amide bonds. The summed E-state index contributed by atoms with van der Waals surface area (Å²) in [6, 6.07) is 5.99. The molecule has 0 unspecified atom stereocenters. The molecule has 0 bridgehead atoms. The number of ether oxygens (including phenoxy) is 1. The molecule has 1 fully saturated rings. The Balaban J connectivity index is 1.79. The molecule has 2 heterocycles. The van der Waals surface area contributed by atoms with Crippen LogP contribution in [0.3, 0.4) is 0 Å². The third-order valence-electron chi connectivity index (χ3n) is 3.54. The standard InChI is InChI=1S/C15H22N2O2/c1-2-19-15(18)13-6-5-10-17(12-13)11-8-14-7-3-4-9-16-14/h3-4,7,9,13H,2,5-6,8,10-12H2,1H3/t13-/m1/s1. The van der Waals surface area contributed by atoms with Crippen molar-refractivity contribution in [2.45, 2.75) is 26.2 Å². The highest BCUT2D eigenvalue weighted by molar-refractivity contribution is 5.72. The van der Waals surface area contributed by atoms with Crippen LogP contribution >= 0.6 is 0 Å². The van der Waals surface area contributed by atoms with E-state index in [1.807, 2.05) is 31.3 Å². The Kier molecular flexibility index (Phi) is 5.33. The van der Waals surface area contributed by atoms with Crippen LogP contribution in [0, 0.1) is 5.92 Å². The Labute approximate surface area is 114 Å². The van der Waals surface area contributed by atoms with Crippen molar-refractivity contribution >= 4 is 5.97 Å². The van der Waals surface area contributed by atoms with Crippen molar-refractivity contribution in [2.75, 3.05) is 26.2 Å². The first-order chi connectivity index (χ1) is 9.29. The van der Waals surface area contributed by atoms with E-state index in [0.29, 0.717) is 6.61 Å². The average Bonchev–Trinajstić information content (AvgIpc) is 2.47. The molecule has 1 atom stereocenters. The Bertz CT molecular complexity index is 394. The number of aromatic nitrogens is 1. The molecule has 0 N–H and O–H groups in total. The van der Waals surface area contributed by atoms with Crippen LogP contribution in [0.1, 0.15) is 25.5 Å². The number of hydrogen-bond acceptors (Lipinski definition) is 4. The maximum Gasteiger partial charge on any atom is 0.310 e. The fourth-order valence-electron chi connectivity index (χ4n) is 2.53.